The van der Waals surface area contributed by atoms with E-state index in [4.69, 9.17) is 0 Å². The third kappa shape index (κ3) is 6.78. The van der Waals surface area contributed by atoms with Crippen molar-refractivity contribution in [2.45, 2.75) is 80.1 Å². The van der Waals surface area contributed by atoms with E-state index in [1.165, 1.54) is 11.1 Å². The van der Waals surface area contributed by atoms with Gasteiger partial charge in [-0.3, -0.25) is 0 Å². The minimum atomic E-state index is 0.166. The van der Waals surface area contributed by atoms with Gasteiger partial charge in [0.2, 0.25) is 0 Å². The number of aromatic nitrogens is 2. The number of benzene rings is 2. The topological polar surface area (TPSA) is 25.8 Å². The zero-order valence-electron chi connectivity index (χ0n) is 19.9. The maximum Gasteiger partial charge on any atom is 0.148 e. The van der Waals surface area contributed by atoms with Crippen molar-refractivity contribution in [2.24, 2.45) is 0 Å². The minimum absolute atomic E-state index is 0.166. The van der Waals surface area contributed by atoms with Crippen molar-refractivity contribution >= 4 is 11.3 Å². The quantitative estimate of drug-likeness (QED) is 0.423. The molecule has 0 radical (unpaired) electrons. The molecule has 1 heterocycles. The van der Waals surface area contributed by atoms with Crippen LogP contribution >= 0.6 is 11.3 Å². The van der Waals surface area contributed by atoms with E-state index in [-0.39, 0.29) is 10.8 Å². The Balaban J connectivity index is 0.000000989. The molecule has 0 aliphatic heterocycles. The van der Waals surface area contributed by atoms with Gasteiger partial charge in [-0.1, -0.05) is 129 Å². The molecular weight excluding hydrogens is 372 g/mol. The lowest BCUT2D eigenvalue weighted by atomic mass is 9.87. The van der Waals surface area contributed by atoms with Gasteiger partial charge in [0.1, 0.15) is 10.0 Å². The Kier molecular flexibility index (Phi) is 9.22. The van der Waals surface area contributed by atoms with E-state index in [0.29, 0.717) is 0 Å². The average Bonchev–Trinajstić information content (AvgIpc) is 3.20. The predicted octanol–water partition coefficient (Wildman–Crippen LogP) is 8.52. The summed E-state index contributed by atoms with van der Waals surface area (Å²) in [6, 6.07) is 17.3. The third-order valence-corrected chi connectivity index (χ3v) is 5.44. The van der Waals surface area contributed by atoms with Gasteiger partial charge in [0, 0.05) is 11.1 Å². The normalized spacial score (nSPS) is 11.1. The fourth-order valence-corrected chi connectivity index (χ4v) is 3.54. The first-order valence-electron chi connectivity index (χ1n) is 10.7. The van der Waals surface area contributed by atoms with Gasteiger partial charge < -0.3 is 0 Å². The van der Waals surface area contributed by atoms with E-state index in [1.54, 1.807) is 11.3 Å². The van der Waals surface area contributed by atoms with E-state index in [1.807, 2.05) is 27.7 Å². The summed E-state index contributed by atoms with van der Waals surface area (Å²) in [5.41, 5.74) is 5.25. The van der Waals surface area contributed by atoms with Gasteiger partial charge >= 0.3 is 0 Å². The van der Waals surface area contributed by atoms with E-state index in [9.17, 15) is 0 Å². The van der Waals surface area contributed by atoms with Gasteiger partial charge in [-0.15, -0.1) is 10.2 Å². The fourth-order valence-electron chi connectivity index (χ4n) is 2.68. The van der Waals surface area contributed by atoms with Crippen molar-refractivity contribution in [3.63, 3.8) is 0 Å². The van der Waals surface area contributed by atoms with E-state index < -0.39 is 0 Å². The molecule has 0 spiro atoms. The second kappa shape index (κ2) is 10.7. The van der Waals surface area contributed by atoms with Gasteiger partial charge in [0.15, 0.2) is 0 Å². The lowest BCUT2D eigenvalue weighted by Gasteiger charge is -2.18. The summed E-state index contributed by atoms with van der Waals surface area (Å²) in [5.74, 6) is 0. The molecular formula is C26H38N2S. The number of rotatable bonds is 2. The lowest BCUT2D eigenvalue weighted by Crippen LogP contribution is -2.10. The first kappa shape index (κ1) is 25.0. The minimum Gasteiger partial charge on any atom is -0.138 e. The highest BCUT2D eigenvalue weighted by Crippen LogP contribution is 2.32. The van der Waals surface area contributed by atoms with Crippen LogP contribution in [0.5, 0.6) is 0 Å². The molecule has 0 saturated heterocycles. The van der Waals surface area contributed by atoms with Crippen LogP contribution in [0.3, 0.4) is 0 Å². The second-order valence-corrected chi connectivity index (χ2v) is 9.54. The van der Waals surface area contributed by atoms with Crippen LogP contribution in [0.1, 0.15) is 80.4 Å². The Morgan fingerprint density at radius 2 is 0.793 bits per heavy atom. The summed E-state index contributed by atoms with van der Waals surface area (Å²) in [7, 11) is 0. The molecule has 0 atom stereocenters. The highest BCUT2D eigenvalue weighted by Gasteiger charge is 2.16. The SMILES string of the molecule is CC.CC.CC(C)(C)c1ccc(-c2nnc(-c3ccc(C(C)(C)C)cc3)s2)cc1. The zero-order valence-corrected chi connectivity index (χ0v) is 20.7. The molecule has 3 aromatic rings. The Morgan fingerprint density at radius 1 is 0.517 bits per heavy atom. The summed E-state index contributed by atoms with van der Waals surface area (Å²) in [6.45, 7) is 21.4. The molecule has 3 rings (SSSR count). The first-order valence-corrected chi connectivity index (χ1v) is 11.5. The van der Waals surface area contributed by atoms with Crippen molar-refractivity contribution in [1.82, 2.24) is 10.2 Å². The summed E-state index contributed by atoms with van der Waals surface area (Å²) >= 11 is 1.64. The molecule has 0 saturated carbocycles. The van der Waals surface area contributed by atoms with E-state index in [2.05, 4.69) is 100 Å². The van der Waals surface area contributed by atoms with Crippen LogP contribution in [-0.4, -0.2) is 10.2 Å². The molecule has 0 unspecified atom stereocenters. The van der Waals surface area contributed by atoms with Crippen molar-refractivity contribution < 1.29 is 0 Å². The lowest BCUT2D eigenvalue weighted by molar-refractivity contribution is 0.590. The Bertz CT molecular complexity index is 773. The molecule has 2 nitrogen and oxygen atoms in total. The van der Waals surface area contributed by atoms with Gasteiger partial charge in [-0.2, -0.15) is 0 Å². The Hall–Kier alpha value is -2.00. The van der Waals surface area contributed by atoms with Crippen LogP contribution in [0, 0.1) is 0 Å². The molecule has 0 amide bonds. The largest absolute Gasteiger partial charge is 0.148 e. The molecule has 2 aromatic carbocycles. The van der Waals surface area contributed by atoms with Crippen LogP contribution in [0.15, 0.2) is 48.5 Å². The monoisotopic (exact) mass is 410 g/mol. The summed E-state index contributed by atoms with van der Waals surface area (Å²) < 4.78 is 0. The molecule has 0 fully saturated rings. The van der Waals surface area contributed by atoms with Crippen LogP contribution in [0.25, 0.3) is 21.1 Å². The second-order valence-electron chi connectivity index (χ2n) is 8.57. The van der Waals surface area contributed by atoms with E-state index >= 15 is 0 Å². The van der Waals surface area contributed by atoms with Crippen molar-refractivity contribution in [3.8, 4) is 21.1 Å². The summed E-state index contributed by atoms with van der Waals surface area (Å²) in [6.07, 6.45) is 0. The third-order valence-electron chi connectivity index (χ3n) is 4.42. The van der Waals surface area contributed by atoms with Gasteiger partial charge in [-0.25, -0.2) is 0 Å². The van der Waals surface area contributed by atoms with E-state index in [0.717, 1.165) is 21.1 Å². The Morgan fingerprint density at radius 3 is 1.03 bits per heavy atom. The highest BCUT2D eigenvalue weighted by molar-refractivity contribution is 7.17. The molecule has 29 heavy (non-hydrogen) atoms. The molecule has 158 valence electrons. The zero-order chi connectivity index (χ0) is 22.2. The first-order chi connectivity index (χ1) is 13.6. The number of hydrogen-bond acceptors (Lipinski definition) is 3. The molecule has 3 heteroatoms. The molecule has 0 aliphatic carbocycles. The summed E-state index contributed by atoms with van der Waals surface area (Å²) in [5, 5.41) is 10.7. The smallest absolute Gasteiger partial charge is 0.138 e. The molecule has 0 aliphatic rings. The number of nitrogens with zero attached hydrogens (tertiary/aromatic N) is 2. The van der Waals surface area contributed by atoms with Gasteiger partial charge in [0.05, 0.1) is 0 Å². The molecule has 1 aromatic heterocycles. The van der Waals surface area contributed by atoms with Crippen LogP contribution < -0.4 is 0 Å². The highest BCUT2D eigenvalue weighted by atomic mass is 32.1. The molecule has 0 N–H and O–H groups in total. The van der Waals surface area contributed by atoms with Crippen molar-refractivity contribution in [3.05, 3.63) is 59.7 Å². The fraction of sp³-hybridized carbons (Fsp3) is 0.462. The van der Waals surface area contributed by atoms with Crippen molar-refractivity contribution in [1.29, 1.82) is 0 Å². The van der Waals surface area contributed by atoms with Gasteiger partial charge in [0.25, 0.3) is 0 Å². The van der Waals surface area contributed by atoms with Crippen LogP contribution in [-0.2, 0) is 10.8 Å². The van der Waals surface area contributed by atoms with Gasteiger partial charge in [-0.05, 0) is 22.0 Å². The predicted molar refractivity (Wildman–Crippen MR) is 131 cm³/mol. The average molecular weight is 411 g/mol. The standard InChI is InChI=1S/C22H26N2S.2C2H6/c1-21(2,3)17-11-7-15(8-12-17)19-23-24-20(25-19)16-9-13-18(14-10-16)22(4,5)6;2*1-2/h7-14H,1-6H3;2*1-2H3. The maximum absolute atomic E-state index is 4.39. The number of hydrogen-bond donors (Lipinski definition) is 0. The maximum atomic E-state index is 4.39. The van der Waals surface area contributed by atoms with Crippen LogP contribution in [0.2, 0.25) is 0 Å². The Labute approximate surface area is 182 Å². The van der Waals surface area contributed by atoms with Crippen molar-refractivity contribution in [2.75, 3.05) is 0 Å². The molecule has 0 bridgehead atoms. The summed E-state index contributed by atoms with van der Waals surface area (Å²) in [4.78, 5) is 0. The van der Waals surface area contributed by atoms with Crippen LogP contribution in [0.4, 0.5) is 0 Å².